The number of nitrogens with zero attached hydrogens (tertiary/aromatic N) is 3. The Morgan fingerprint density at radius 3 is 2.58 bits per heavy atom. The molecule has 1 aromatic carbocycles. The Hall–Kier alpha value is -2.52. The first kappa shape index (κ1) is 14.5. The molecule has 0 aromatic heterocycles. The molecule has 0 aliphatic rings. The number of hydrogen-bond acceptors (Lipinski definition) is 4. The molecular weight excluding hydrogens is 267 g/mol. The van der Waals surface area contributed by atoms with Gasteiger partial charge in [-0.25, -0.2) is 0 Å². The lowest BCUT2D eigenvalue weighted by molar-refractivity contribution is -0.385. The zero-order valence-electron chi connectivity index (χ0n) is 9.31. The Labute approximate surface area is 104 Å². The van der Waals surface area contributed by atoms with Gasteiger partial charge in [0.15, 0.2) is 0 Å². The number of hydrogen-bond donors (Lipinski definition) is 2. The molecule has 10 heteroatoms. The number of halogens is 3. The molecule has 7 nitrogen and oxygen atoms in total. The van der Waals surface area contributed by atoms with Gasteiger partial charge in [0, 0.05) is 18.1 Å². The molecule has 0 aliphatic heterocycles. The van der Waals surface area contributed by atoms with Crippen molar-refractivity contribution in [1.82, 2.24) is 0 Å². The van der Waals surface area contributed by atoms with Gasteiger partial charge in [-0.15, -0.1) is 5.11 Å². The zero-order valence-corrected chi connectivity index (χ0v) is 9.31. The number of nitrogens with one attached hydrogen (secondary N) is 1. The highest BCUT2D eigenvalue weighted by Gasteiger charge is 2.33. The summed E-state index contributed by atoms with van der Waals surface area (Å²) in [6.07, 6.45) is -5.01. The average Bonchev–Trinajstić information content (AvgIpc) is 2.27. The first-order valence-electron chi connectivity index (χ1n) is 4.78. The predicted molar refractivity (Wildman–Crippen MR) is 58.6 cm³/mol. The van der Waals surface area contributed by atoms with Crippen LogP contribution in [-0.2, 0) is 12.6 Å². The molecule has 0 amide bonds. The fourth-order valence-electron chi connectivity index (χ4n) is 1.35. The molecule has 1 aromatic rings. The molecule has 19 heavy (non-hydrogen) atoms. The van der Waals surface area contributed by atoms with Crippen LogP contribution in [-0.4, -0.2) is 10.8 Å². The largest absolute Gasteiger partial charge is 0.416 e. The van der Waals surface area contributed by atoms with Crippen LogP contribution in [0.1, 0.15) is 11.1 Å². The maximum atomic E-state index is 12.4. The summed E-state index contributed by atoms with van der Waals surface area (Å²) < 4.78 is 37.3. The minimum absolute atomic E-state index is 0.0737. The van der Waals surface area contributed by atoms with Gasteiger partial charge < -0.3 is 5.84 Å². The lowest BCUT2D eigenvalue weighted by Crippen LogP contribution is -2.08. The molecule has 1 rings (SSSR count). The van der Waals surface area contributed by atoms with E-state index in [9.17, 15) is 23.3 Å². The highest BCUT2D eigenvalue weighted by Crippen LogP contribution is 2.33. The van der Waals surface area contributed by atoms with E-state index >= 15 is 0 Å². The van der Waals surface area contributed by atoms with Crippen LogP contribution in [0.15, 0.2) is 28.5 Å². The van der Waals surface area contributed by atoms with Gasteiger partial charge in [0.05, 0.1) is 10.5 Å². The van der Waals surface area contributed by atoms with E-state index in [4.69, 9.17) is 11.3 Å². The Bertz CT molecular complexity index is 541. The number of nitro groups is 1. The van der Waals surface area contributed by atoms with Gasteiger partial charge in [-0.2, -0.15) is 13.2 Å². The number of nitrogens with two attached hydrogens (primary N) is 1. The Kier molecular flexibility index (Phi) is 4.14. The first-order valence-corrected chi connectivity index (χ1v) is 4.78. The van der Waals surface area contributed by atoms with Crippen molar-refractivity contribution in [2.45, 2.75) is 12.6 Å². The van der Waals surface area contributed by atoms with E-state index < -0.39 is 28.2 Å². The summed E-state index contributed by atoms with van der Waals surface area (Å²) in [5.41, 5.74) is -1.93. The normalized spacial score (nSPS) is 11.7. The predicted octanol–water partition coefficient (Wildman–Crippen LogP) is 2.46. The molecule has 0 saturated heterocycles. The number of benzene rings is 1. The van der Waals surface area contributed by atoms with E-state index in [0.717, 1.165) is 6.07 Å². The maximum Gasteiger partial charge on any atom is 0.416 e. The van der Waals surface area contributed by atoms with Crippen molar-refractivity contribution in [3.63, 3.8) is 0 Å². The van der Waals surface area contributed by atoms with Crippen LogP contribution in [0.2, 0.25) is 0 Å². The Morgan fingerprint density at radius 2 is 2.11 bits per heavy atom. The van der Waals surface area contributed by atoms with Gasteiger partial charge in [0.1, 0.15) is 5.84 Å². The van der Waals surface area contributed by atoms with E-state index in [-0.39, 0.29) is 12.0 Å². The smallest absolute Gasteiger partial charge is 0.305 e. The molecular formula is C9H8F3N5O2. The molecule has 0 atom stereocenters. The lowest BCUT2D eigenvalue weighted by Gasteiger charge is -2.08. The fourth-order valence-corrected chi connectivity index (χ4v) is 1.35. The second-order valence-corrected chi connectivity index (χ2v) is 3.44. The van der Waals surface area contributed by atoms with Crippen LogP contribution < -0.4 is 5.84 Å². The summed E-state index contributed by atoms with van der Waals surface area (Å²) in [5.74, 6) is 4.30. The first-order chi connectivity index (χ1) is 8.75. The van der Waals surface area contributed by atoms with Crippen LogP contribution in [0.25, 0.3) is 0 Å². The Morgan fingerprint density at radius 1 is 1.47 bits per heavy atom. The number of nitro benzene ring substituents is 1. The van der Waals surface area contributed by atoms with Gasteiger partial charge in [-0.3, -0.25) is 15.5 Å². The third-order valence-corrected chi connectivity index (χ3v) is 2.15. The van der Waals surface area contributed by atoms with E-state index in [0.29, 0.717) is 12.1 Å². The highest BCUT2D eigenvalue weighted by molar-refractivity contribution is 5.82. The molecule has 0 spiro atoms. The van der Waals surface area contributed by atoms with Gasteiger partial charge >= 0.3 is 6.18 Å². The number of rotatable bonds is 3. The van der Waals surface area contributed by atoms with Crippen molar-refractivity contribution in [3.05, 3.63) is 39.4 Å². The molecule has 0 heterocycles. The molecule has 0 bridgehead atoms. The second-order valence-electron chi connectivity index (χ2n) is 3.44. The van der Waals surface area contributed by atoms with Crippen molar-refractivity contribution in [2.75, 3.05) is 0 Å². The summed E-state index contributed by atoms with van der Waals surface area (Å²) in [5, 5.41) is 23.9. The molecule has 102 valence electrons. The zero-order chi connectivity index (χ0) is 14.6. The van der Waals surface area contributed by atoms with E-state index in [1.165, 1.54) is 0 Å². The third kappa shape index (κ3) is 3.72. The summed E-state index contributed by atoms with van der Waals surface area (Å²) in [6, 6.07) is 2.05. The van der Waals surface area contributed by atoms with E-state index in [1.54, 1.807) is 0 Å². The van der Waals surface area contributed by atoms with Crippen LogP contribution >= 0.6 is 0 Å². The Balaban J connectivity index is 3.19. The molecule has 3 N–H and O–H groups in total. The topological polar surface area (TPSA) is 118 Å². The van der Waals surface area contributed by atoms with Crippen LogP contribution in [0.4, 0.5) is 18.9 Å². The van der Waals surface area contributed by atoms with Gasteiger partial charge in [-0.1, -0.05) is 11.3 Å². The summed E-state index contributed by atoms with van der Waals surface area (Å²) in [4.78, 5) is 9.78. The molecule has 0 saturated carbocycles. The van der Waals surface area contributed by atoms with Crippen LogP contribution in [0.3, 0.4) is 0 Å². The van der Waals surface area contributed by atoms with Crippen molar-refractivity contribution >= 4 is 11.5 Å². The van der Waals surface area contributed by atoms with E-state index in [2.05, 4.69) is 10.3 Å². The minimum atomic E-state index is -4.67. The van der Waals surface area contributed by atoms with Crippen molar-refractivity contribution in [1.29, 1.82) is 5.41 Å². The number of amidine groups is 1. The molecule has 0 fully saturated rings. The third-order valence-electron chi connectivity index (χ3n) is 2.15. The minimum Gasteiger partial charge on any atom is -0.305 e. The molecule has 0 unspecified atom stereocenters. The molecule has 0 aliphatic carbocycles. The highest BCUT2D eigenvalue weighted by atomic mass is 19.4. The van der Waals surface area contributed by atoms with Gasteiger partial charge in [0.2, 0.25) is 0 Å². The average molecular weight is 275 g/mol. The van der Waals surface area contributed by atoms with Crippen LogP contribution in [0.5, 0.6) is 0 Å². The van der Waals surface area contributed by atoms with Gasteiger partial charge in [0.25, 0.3) is 5.69 Å². The fraction of sp³-hybridized carbons (Fsp3) is 0.222. The second kappa shape index (κ2) is 5.42. The van der Waals surface area contributed by atoms with Crippen LogP contribution in [0, 0.1) is 15.5 Å². The quantitative estimate of drug-likeness (QED) is 0.220. The van der Waals surface area contributed by atoms with Gasteiger partial charge in [-0.05, 0) is 6.07 Å². The maximum absolute atomic E-state index is 12.4. The SMILES string of the molecule is N=C(Cc1ccc(C(F)(F)F)cc1[N+](=O)[O-])N=NN. The number of alkyl halides is 3. The molecule has 0 radical (unpaired) electrons. The summed E-state index contributed by atoms with van der Waals surface area (Å²) in [6.45, 7) is 0. The monoisotopic (exact) mass is 275 g/mol. The van der Waals surface area contributed by atoms with E-state index in [1.807, 2.05) is 0 Å². The standard InChI is InChI=1S/C9H8F3N5O2/c10-9(11,12)6-2-1-5(3-8(13)15-16-14)7(4-6)17(18)19/h1-2,4H,3H2,(H3,13,14,15). The lowest BCUT2D eigenvalue weighted by atomic mass is 10.1. The summed E-state index contributed by atoms with van der Waals surface area (Å²) in [7, 11) is 0. The summed E-state index contributed by atoms with van der Waals surface area (Å²) >= 11 is 0. The van der Waals surface area contributed by atoms with Crippen molar-refractivity contribution in [3.8, 4) is 0 Å². The van der Waals surface area contributed by atoms with Crippen molar-refractivity contribution in [2.24, 2.45) is 16.2 Å². The van der Waals surface area contributed by atoms with Crippen molar-refractivity contribution < 1.29 is 18.1 Å².